The number of benzene rings is 1. The SMILES string of the molecule is NC(=NCc1ccc([N+](=O)[O-])cc1Cl)NCC1CCCO1. The lowest BCUT2D eigenvalue weighted by atomic mass is 10.2. The van der Waals surface area contributed by atoms with E-state index in [-0.39, 0.29) is 18.3 Å². The molecule has 0 amide bonds. The minimum Gasteiger partial charge on any atom is -0.376 e. The molecule has 7 nitrogen and oxygen atoms in total. The van der Waals surface area contributed by atoms with Crippen LogP contribution in [0.4, 0.5) is 5.69 Å². The molecule has 1 unspecified atom stereocenters. The lowest BCUT2D eigenvalue weighted by Gasteiger charge is -2.11. The van der Waals surface area contributed by atoms with Crippen LogP contribution >= 0.6 is 11.6 Å². The summed E-state index contributed by atoms with van der Waals surface area (Å²) >= 11 is 5.98. The van der Waals surface area contributed by atoms with E-state index in [0.29, 0.717) is 23.1 Å². The fourth-order valence-corrected chi connectivity index (χ4v) is 2.26. The second-order valence-electron chi connectivity index (χ2n) is 4.75. The fourth-order valence-electron chi connectivity index (χ4n) is 2.03. The Balaban J connectivity index is 1.88. The van der Waals surface area contributed by atoms with E-state index in [4.69, 9.17) is 22.1 Å². The highest BCUT2D eigenvalue weighted by Crippen LogP contribution is 2.22. The molecule has 1 atom stereocenters. The first-order valence-corrected chi connectivity index (χ1v) is 7.02. The number of nitrogens with one attached hydrogen (secondary N) is 1. The smallest absolute Gasteiger partial charge is 0.270 e. The molecule has 0 saturated carbocycles. The van der Waals surface area contributed by atoms with Gasteiger partial charge >= 0.3 is 0 Å². The van der Waals surface area contributed by atoms with Crippen LogP contribution in [-0.2, 0) is 11.3 Å². The minimum absolute atomic E-state index is 0.0443. The van der Waals surface area contributed by atoms with E-state index in [1.807, 2.05) is 0 Å². The van der Waals surface area contributed by atoms with Gasteiger partial charge in [0.25, 0.3) is 5.69 Å². The number of hydrogen-bond donors (Lipinski definition) is 2. The number of nitrogens with zero attached hydrogens (tertiary/aromatic N) is 2. The highest BCUT2D eigenvalue weighted by atomic mass is 35.5. The Morgan fingerprint density at radius 2 is 2.43 bits per heavy atom. The van der Waals surface area contributed by atoms with Crippen molar-refractivity contribution >= 4 is 23.2 Å². The number of guanidine groups is 1. The van der Waals surface area contributed by atoms with Gasteiger partial charge in [0.2, 0.25) is 0 Å². The summed E-state index contributed by atoms with van der Waals surface area (Å²) in [5.41, 5.74) is 6.40. The van der Waals surface area contributed by atoms with E-state index in [0.717, 1.165) is 19.4 Å². The van der Waals surface area contributed by atoms with Gasteiger partial charge in [-0.05, 0) is 24.5 Å². The van der Waals surface area contributed by atoms with Gasteiger partial charge in [-0.3, -0.25) is 10.1 Å². The molecule has 21 heavy (non-hydrogen) atoms. The monoisotopic (exact) mass is 312 g/mol. The Hall–Kier alpha value is -1.86. The first-order valence-electron chi connectivity index (χ1n) is 6.64. The molecule has 1 heterocycles. The highest BCUT2D eigenvalue weighted by molar-refractivity contribution is 6.31. The predicted octanol–water partition coefficient (Wildman–Crippen LogP) is 1.83. The van der Waals surface area contributed by atoms with Crippen LogP contribution < -0.4 is 11.1 Å². The van der Waals surface area contributed by atoms with E-state index in [1.54, 1.807) is 6.07 Å². The Morgan fingerprint density at radius 1 is 1.62 bits per heavy atom. The maximum Gasteiger partial charge on any atom is 0.270 e. The maximum atomic E-state index is 10.6. The number of aliphatic imine (C=N–C) groups is 1. The lowest BCUT2D eigenvalue weighted by molar-refractivity contribution is -0.384. The minimum atomic E-state index is -0.490. The number of nitro benzene ring substituents is 1. The molecular weight excluding hydrogens is 296 g/mol. The van der Waals surface area contributed by atoms with Gasteiger partial charge in [0.15, 0.2) is 5.96 Å². The van der Waals surface area contributed by atoms with Crippen molar-refractivity contribution in [3.05, 3.63) is 38.9 Å². The number of rotatable bonds is 5. The predicted molar refractivity (Wildman–Crippen MR) is 80.4 cm³/mol. The third-order valence-electron chi connectivity index (χ3n) is 3.20. The number of non-ortho nitro benzene ring substituents is 1. The molecule has 8 heteroatoms. The summed E-state index contributed by atoms with van der Waals surface area (Å²) in [5, 5.41) is 13.9. The number of halogens is 1. The molecule has 1 aliphatic rings. The van der Waals surface area contributed by atoms with E-state index in [9.17, 15) is 10.1 Å². The molecule has 0 radical (unpaired) electrons. The fraction of sp³-hybridized carbons (Fsp3) is 0.462. The van der Waals surface area contributed by atoms with E-state index >= 15 is 0 Å². The van der Waals surface area contributed by atoms with Crippen LogP contribution in [0.2, 0.25) is 5.02 Å². The van der Waals surface area contributed by atoms with E-state index < -0.39 is 4.92 Å². The van der Waals surface area contributed by atoms with E-state index in [2.05, 4.69) is 10.3 Å². The van der Waals surface area contributed by atoms with Crippen molar-refractivity contribution in [2.75, 3.05) is 13.2 Å². The molecule has 3 N–H and O–H groups in total. The standard InChI is InChI=1S/C13H17ClN4O3/c14-12-6-10(18(19)20)4-3-9(12)7-16-13(15)17-8-11-2-1-5-21-11/h3-4,6,11H,1-2,5,7-8H2,(H3,15,16,17). The number of hydrogen-bond acceptors (Lipinski definition) is 4. The van der Waals surface area contributed by atoms with E-state index in [1.165, 1.54) is 12.1 Å². The zero-order valence-electron chi connectivity index (χ0n) is 11.4. The summed E-state index contributed by atoms with van der Waals surface area (Å²) in [4.78, 5) is 14.3. The maximum absolute atomic E-state index is 10.6. The summed E-state index contributed by atoms with van der Waals surface area (Å²) in [6, 6.07) is 4.28. The van der Waals surface area contributed by atoms with Gasteiger partial charge in [0, 0.05) is 25.3 Å². The van der Waals surface area contributed by atoms with Gasteiger partial charge < -0.3 is 15.8 Å². The Morgan fingerprint density at radius 3 is 3.05 bits per heavy atom. The summed E-state index contributed by atoms with van der Waals surface area (Å²) in [5.74, 6) is 0.305. The average molecular weight is 313 g/mol. The second kappa shape index (κ2) is 7.24. The van der Waals surface area contributed by atoms with Crippen LogP contribution in [0.15, 0.2) is 23.2 Å². The molecule has 1 saturated heterocycles. The summed E-state index contributed by atoms with van der Waals surface area (Å²) in [7, 11) is 0. The first kappa shape index (κ1) is 15.5. The molecule has 1 aromatic rings. The van der Waals surface area contributed by atoms with Gasteiger partial charge in [-0.2, -0.15) is 0 Å². The Bertz CT molecular complexity index is 544. The number of ether oxygens (including phenoxy) is 1. The molecule has 0 spiro atoms. The number of nitro groups is 1. The van der Waals surface area contributed by atoms with Crippen LogP contribution in [0.3, 0.4) is 0 Å². The van der Waals surface area contributed by atoms with Crippen LogP contribution in [-0.4, -0.2) is 30.1 Å². The van der Waals surface area contributed by atoms with Gasteiger partial charge in [-0.25, -0.2) is 4.99 Å². The molecule has 0 aliphatic carbocycles. The molecule has 114 valence electrons. The Labute approximate surface area is 127 Å². The normalized spacial score (nSPS) is 18.7. The van der Waals surface area contributed by atoms with Gasteiger partial charge in [0.1, 0.15) is 0 Å². The van der Waals surface area contributed by atoms with Crippen LogP contribution in [0.1, 0.15) is 18.4 Å². The third-order valence-corrected chi connectivity index (χ3v) is 3.55. The van der Waals surface area contributed by atoms with Crippen molar-refractivity contribution in [3.63, 3.8) is 0 Å². The topological polar surface area (TPSA) is 103 Å². The van der Waals surface area contributed by atoms with Crippen molar-refractivity contribution in [1.29, 1.82) is 0 Å². The van der Waals surface area contributed by atoms with Gasteiger partial charge in [-0.1, -0.05) is 11.6 Å². The third kappa shape index (κ3) is 4.57. The largest absolute Gasteiger partial charge is 0.376 e. The molecule has 0 bridgehead atoms. The first-order chi connectivity index (χ1) is 10.1. The number of nitrogens with two attached hydrogens (primary N) is 1. The van der Waals surface area contributed by atoms with Crippen molar-refractivity contribution in [3.8, 4) is 0 Å². The van der Waals surface area contributed by atoms with Crippen molar-refractivity contribution in [2.45, 2.75) is 25.5 Å². The van der Waals surface area contributed by atoms with Gasteiger partial charge in [0.05, 0.1) is 22.6 Å². The second-order valence-corrected chi connectivity index (χ2v) is 5.16. The zero-order valence-corrected chi connectivity index (χ0v) is 12.2. The lowest BCUT2D eigenvalue weighted by Crippen LogP contribution is -2.37. The quantitative estimate of drug-likeness (QED) is 0.374. The average Bonchev–Trinajstić information content (AvgIpc) is 2.97. The molecule has 1 fully saturated rings. The van der Waals surface area contributed by atoms with Crippen molar-refractivity contribution in [2.24, 2.45) is 10.7 Å². The highest BCUT2D eigenvalue weighted by Gasteiger charge is 2.15. The summed E-state index contributed by atoms with van der Waals surface area (Å²) < 4.78 is 5.46. The van der Waals surface area contributed by atoms with Crippen LogP contribution in [0.5, 0.6) is 0 Å². The molecule has 1 aliphatic heterocycles. The van der Waals surface area contributed by atoms with Gasteiger partial charge in [-0.15, -0.1) is 0 Å². The summed E-state index contributed by atoms with van der Waals surface area (Å²) in [6.07, 6.45) is 2.28. The molecular formula is C13H17ClN4O3. The van der Waals surface area contributed by atoms with Crippen molar-refractivity contribution in [1.82, 2.24) is 5.32 Å². The molecule has 2 rings (SSSR count). The Kier molecular flexibility index (Phi) is 5.35. The van der Waals surface area contributed by atoms with Crippen LogP contribution in [0.25, 0.3) is 0 Å². The molecule has 1 aromatic carbocycles. The molecule has 0 aromatic heterocycles. The zero-order chi connectivity index (χ0) is 15.2. The summed E-state index contributed by atoms with van der Waals surface area (Å²) in [6.45, 7) is 1.69. The van der Waals surface area contributed by atoms with Crippen molar-refractivity contribution < 1.29 is 9.66 Å². The van der Waals surface area contributed by atoms with Crippen LogP contribution in [0, 0.1) is 10.1 Å².